The molecule has 4 nitrogen and oxygen atoms in total. The molecule has 1 fully saturated rings. The topological polar surface area (TPSA) is 45.5 Å². The molecular formula is C12H17BrN2O2. The summed E-state index contributed by atoms with van der Waals surface area (Å²) in [4.78, 5) is 13.8. The van der Waals surface area contributed by atoms with Gasteiger partial charge in [0, 0.05) is 13.1 Å². The van der Waals surface area contributed by atoms with Crippen molar-refractivity contribution in [1.82, 2.24) is 10.2 Å². The van der Waals surface area contributed by atoms with Crippen LogP contribution in [0.15, 0.2) is 21.2 Å². The number of hydrogen-bond donors (Lipinski definition) is 1. The van der Waals surface area contributed by atoms with Gasteiger partial charge in [0.2, 0.25) is 5.91 Å². The molecule has 0 atom stereocenters. The van der Waals surface area contributed by atoms with Crippen LogP contribution >= 0.6 is 15.9 Å². The fourth-order valence-electron chi connectivity index (χ4n) is 1.99. The van der Waals surface area contributed by atoms with Crippen LogP contribution in [-0.2, 0) is 11.3 Å². The molecule has 0 aliphatic carbocycles. The molecule has 0 aromatic carbocycles. The van der Waals surface area contributed by atoms with Crippen LogP contribution in [0.3, 0.4) is 0 Å². The van der Waals surface area contributed by atoms with Gasteiger partial charge in [-0.3, -0.25) is 4.79 Å². The van der Waals surface area contributed by atoms with Crippen molar-refractivity contribution >= 4 is 21.8 Å². The van der Waals surface area contributed by atoms with Crippen LogP contribution in [0.4, 0.5) is 0 Å². The first-order valence-electron chi connectivity index (χ1n) is 5.98. The Hall–Kier alpha value is -0.810. The molecule has 0 unspecified atom stereocenters. The predicted octanol–water partition coefficient (Wildman–Crippen LogP) is 2.14. The normalized spacial score (nSPS) is 16.2. The predicted molar refractivity (Wildman–Crippen MR) is 68.5 cm³/mol. The van der Waals surface area contributed by atoms with E-state index in [1.54, 1.807) is 0 Å². The molecule has 1 aromatic heterocycles. The number of nitrogens with zero attached hydrogens (tertiary/aromatic N) is 1. The SMILES string of the molecule is O=C(CNCc1ccc(Br)o1)N1CCCCC1. The number of amides is 1. The van der Waals surface area contributed by atoms with E-state index in [0.29, 0.717) is 13.1 Å². The Morgan fingerprint density at radius 3 is 2.76 bits per heavy atom. The van der Waals surface area contributed by atoms with Gasteiger partial charge < -0.3 is 14.6 Å². The third-order valence-electron chi connectivity index (χ3n) is 2.91. The zero-order valence-electron chi connectivity index (χ0n) is 9.75. The van der Waals surface area contributed by atoms with E-state index >= 15 is 0 Å². The summed E-state index contributed by atoms with van der Waals surface area (Å²) in [6, 6.07) is 3.74. The molecule has 2 rings (SSSR count). The van der Waals surface area contributed by atoms with E-state index in [1.807, 2.05) is 17.0 Å². The highest BCUT2D eigenvalue weighted by Gasteiger charge is 2.15. The molecule has 1 amide bonds. The molecule has 1 aliphatic rings. The summed E-state index contributed by atoms with van der Waals surface area (Å²) in [6.45, 7) is 2.79. The van der Waals surface area contributed by atoms with Gasteiger partial charge in [0.15, 0.2) is 4.67 Å². The van der Waals surface area contributed by atoms with E-state index in [0.717, 1.165) is 36.4 Å². The lowest BCUT2D eigenvalue weighted by atomic mass is 10.1. The van der Waals surface area contributed by atoms with Gasteiger partial charge in [-0.25, -0.2) is 0 Å². The first-order chi connectivity index (χ1) is 8.25. The molecule has 0 spiro atoms. The Morgan fingerprint density at radius 2 is 2.12 bits per heavy atom. The molecule has 0 saturated carbocycles. The first-order valence-corrected chi connectivity index (χ1v) is 6.78. The standard InChI is InChI=1S/C12H17BrN2O2/c13-11-5-4-10(17-11)8-14-9-12(16)15-6-2-1-3-7-15/h4-5,14H,1-3,6-9H2. The second kappa shape index (κ2) is 6.21. The molecule has 5 heteroatoms. The third-order valence-corrected chi connectivity index (χ3v) is 3.34. The average molecular weight is 301 g/mol. The van der Waals surface area contributed by atoms with Crippen molar-refractivity contribution in [3.63, 3.8) is 0 Å². The molecule has 94 valence electrons. The number of carbonyl (C=O) groups is 1. The van der Waals surface area contributed by atoms with Crippen LogP contribution in [0, 0.1) is 0 Å². The van der Waals surface area contributed by atoms with E-state index in [9.17, 15) is 4.79 Å². The number of likely N-dealkylation sites (tertiary alicyclic amines) is 1. The summed E-state index contributed by atoms with van der Waals surface area (Å²) in [6.07, 6.45) is 3.52. The molecule has 1 N–H and O–H groups in total. The maximum atomic E-state index is 11.8. The molecule has 1 saturated heterocycles. The lowest BCUT2D eigenvalue weighted by Crippen LogP contribution is -2.40. The lowest BCUT2D eigenvalue weighted by molar-refractivity contribution is -0.131. The number of piperidine rings is 1. The molecule has 2 heterocycles. The van der Waals surface area contributed by atoms with E-state index in [4.69, 9.17) is 4.42 Å². The van der Waals surface area contributed by atoms with Gasteiger partial charge in [-0.1, -0.05) is 0 Å². The fraction of sp³-hybridized carbons (Fsp3) is 0.583. The summed E-state index contributed by atoms with van der Waals surface area (Å²) in [5.74, 6) is 1.03. The van der Waals surface area contributed by atoms with Gasteiger partial charge in [0.05, 0.1) is 13.1 Å². The van der Waals surface area contributed by atoms with Gasteiger partial charge in [-0.05, 0) is 47.3 Å². The van der Waals surface area contributed by atoms with E-state index < -0.39 is 0 Å². The zero-order valence-corrected chi connectivity index (χ0v) is 11.3. The Kier molecular flexibility index (Phi) is 4.62. The minimum absolute atomic E-state index is 0.190. The fourth-order valence-corrected chi connectivity index (χ4v) is 2.33. The number of halogens is 1. The second-order valence-corrected chi connectivity index (χ2v) is 5.03. The van der Waals surface area contributed by atoms with Gasteiger partial charge in [0.1, 0.15) is 5.76 Å². The van der Waals surface area contributed by atoms with Crippen molar-refractivity contribution in [3.8, 4) is 0 Å². The van der Waals surface area contributed by atoms with Crippen molar-refractivity contribution in [2.75, 3.05) is 19.6 Å². The minimum Gasteiger partial charge on any atom is -0.453 e. The van der Waals surface area contributed by atoms with Gasteiger partial charge >= 0.3 is 0 Å². The Balaban J connectivity index is 1.69. The smallest absolute Gasteiger partial charge is 0.236 e. The van der Waals surface area contributed by atoms with Crippen molar-refractivity contribution < 1.29 is 9.21 Å². The van der Waals surface area contributed by atoms with Crippen LogP contribution in [-0.4, -0.2) is 30.4 Å². The Bertz CT molecular complexity index is 372. The molecule has 1 aliphatic heterocycles. The summed E-state index contributed by atoms with van der Waals surface area (Å²) in [5.41, 5.74) is 0. The second-order valence-electron chi connectivity index (χ2n) is 4.25. The monoisotopic (exact) mass is 300 g/mol. The molecular weight excluding hydrogens is 284 g/mol. The quantitative estimate of drug-likeness (QED) is 0.927. The summed E-state index contributed by atoms with van der Waals surface area (Å²) in [5, 5.41) is 3.11. The highest BCUT2D eigenvalue weighted by atomic mass is 79.9. The van der Waals surface area contributed by atoms with Crippen molar-refractivity contribution in [3.05, 3.63) is 22.6 Å². The largest absolute Gasteiger partial charge is 0.453 e. The summed E-state index contributed by atoms with van der Waals surface area (Å²) < 4.78 is 6.06. The lowest BCUT2D eigenvalue weighted by Gasteiger charge is -2.26. The minimum atomic E-state index is 0.190. The summed E-state index contributed by atoms with van der Waals surface area (Å²) >= 11 is 3.25. The molecule has 0 bridgehead atoms. The zero-order chi connectivity index (χ0) is 12.1. The van der Waals surface area contributed by atoms with E-state index in [2.05, 4.69) is 21.2 Å². The van der Waals surface area contributed by atoms with Crippen LogP contribution in [0.1, 0.15) is 25.0 Å². The number of furan rings is 1. The molecule has 17 heavy (non-hydrogen) atoms. The molecule has 0 radical (unpaired) electrons. The number of rotatable bonds is 4. The van der Waals surface area contributed by atoms with E-state index in [1.165, 1.54) is 6.42 Å². The number of hydrogen-bond acceptors (Lipinski definition) is 3. The Labute approximate surface area is 109 Å². The average Bonchev–Trinajstić information content (AvgIpc) is 2.76. The highest BCUT2D eigenvalue weighted by Crippen LogP contribution is 2.13. The van der Waals surface area contributed by atoms with Gasteiger partial charge in [0.25, 0.3) is 0 Å². The number of carbonyl (C=O) groups excluding carboxylic acids is 1. The third kappa shape index (κ3) is 3.85. The first kappa shape index (κ1) is 12.6. The molecule has 1 aromatic rings. The van der Waals surface area contributed by atoms with Crippen LogP contribution in [0.5, 0.6) is 0 Å². The van der Waals surface area contributed by atoms with Crippen LogP contribution in [0.2, 0.25) is 0 Å². The van der Waals surface area contributed by atoms with Gasteiger partial charge in [-0.15, -0.1) is 0 Å². The highest BCUT2D eigenvalue weighted by molar-refractivity contribution is 9.10. The van der Waals surface area contributed by atoms with Crippen LogP contribution in [0.25, 0.3) is 0 Å². The summed E-state index contributed by atoms with van der Waals surface area (Å²) in [7, 11) is 0. The maximum absolute atomic E-state index is 11.8. The van der Waals surface area contributed by atoms with Crippen LogP contribution < -0.4 is 5.32 Å². The number of nitrogens with one attached hydrogen (secondary N) is 1. The Morgan fingerprint density at radius 1 is 1.35 bits per heavy atom. The van der Waals surface area contributed by atoms with Crippen molar-refractivity contribution in [2.45, 2.75) is 25.8 Å². The van der Waals surface area contributed by atoms with Gasteiger partial charge in [-0.2, -0.15) is 0 Å². The van der Waals surface area contributed by atoms with Crippen molar-refractivity contribution in [1.29, 1.82) is 0 Å². The van der Waals surface area contributed by atoms with E-state index in [-0.39, 0.29) is 5.91 Å². The maximum Gasteiger partial charge on any atom is 0.236 e. The van der Waals surface area contributed by atoms with Crippen molar-refractivity contribution in [2.24, 2.45) is 0 Å².